The molecular formula is C17H35NO3. The highest BCUT2D eigenvalue weighted by Crippen LogP contribution is 2.38. The summed E-state index contributed by atoms with van der Waals surface area (Å²) in [6.45, 7) is 9.90. The minimum absolute atomic E-state index is 0.315. The Hall–Kier alpha value is -0.160. The zero-order chi connectivity index (χ0) is 15.7. The summed E-state index contributed by atoms with van der Waals surface area (Å²) in [6, 6.07) is 0.483. The molecule has 0 aliphatic heterocycles. The SMILES string of the molecule is CNC1CCC(C(C)(C)C)CC1OCCOCCCOC. The lowest BCUT2D eigenvalue weighted by atomic mass is 9.70. The molecule has 1 fully saturated rings. The Labute approximate surface area is 130 Å². The van der Waals surface area contributed by atoms with Crippen LogP contribution >= 0.6 is 0 Å². The molecule has 0 saturated heterocycles. The molecule has 1 N–H and O–H groups in total. The molecule has 3 unspecified atom stereocenters. The van der Waals surface area contributed by atoms with Gasteiger partial charge in [0.2, 0.25) is 0 Å². The second kappa shape index (κ2) is 9.78. The molecule has 1 aliphatic rings. The third kappa shape index (κ3) is 7.09. The van der Waals surface area contributed by atoms with E-state index < -0.39 is 0 Å². The Bertz CT molecular complexity index is 265. The van der Waals surface area contributed by atoms with Gasteiger partial charge in [-0.1, -0.05) is 20.8 Å². The van der Waals surface area contributed by atoms with Crippen molar-refractivity contribution in [2.45, 2.75) is 58.6 Å². The molecule has 21 heavy (non-hydrogen) atoms. The second-order valence-electron chi connectivity index (χ2n) is 7.14. The molecule has 3 atom stereocenters. The van der Waals surface area contributed by atoms with Gasteiger partial charge in [0.1, 0.15) is 0 Å². The maximum absolute atomic E-state index is 6.10. The lowest BCUT2D eigenvalue weighted by Crippen LogP contribution is -2.46. The monoisotopic (exact) mass is 301 g/mol. The topological polar surface area (TPSA) is 39.7 Å². The van der Waals surface area contributed by atoms with Crippen LogP contribution in [0.4, 0.5) is 0 Å². The first-order valence-electron chi connectivity index (χ1n) is 8.34. The van der Waals surface area contributed by atoms with Crippen molar-refractivity contribution in [2.24, 2.45) is 11.3 Å². The lowest BCUT2D eigenvalue weighted by Gasteiger charge is -2.41. The Morgan fingerprint density at radius 2 is 1.81 bits per heavy atom. The van der Waals surface area contributed by atoms with Gasteiger partial charge < -0.3 is 19.5 Å². The smallest absolute Gasteiger partial charge is 0.0731 e. The van der Waals surface area contributed by atoms with Crippen LogP contribution in [-0.2, 0) is 14.2 Å². The van der Waals surface area contributed by atoms with Gasteiger partial charge in [-0.15, -0.1) is 0 Å². The fraction of sp³-hybridized carbons (Fsp3) is 1.00. The van der Waals surface area contributed by atoms with Crippen molar-refractivity contribution < 1.29 is 14.2 Å². The number of hydrogen-bond donors (Lipinski definition) is 1. The van der Waals surface area contributed by atoms with Crippen molar-refractivity contribution in [3.8, 4) is 0 Å². The summed E-state index contributed by atoms with van der Waals surface area (Å²) in [5.41, 5.74) is 0.372. The highest BCUT2D eigenvalue weighted by molar-refractivity contribution is 4.89. The molecule has 4 heteroatoms. The zero-order valence-corrected chi connectivity index (χ0v) is 14.6. The number of ether oxygens (including phenoxy) is 3. The lowest BCUT2D eigenvalue weighted by molar-refractivity contribution is -0.0480. The van der Waals surface area contributed by atoms with E-state index in [1.807, 2.05) is 7.05 Å². The Balaban J connectivity index is 2.26. The van der Waals surface area contributed by atoms with Crippen molar-refractivity contribution in [3.63, 3.8) is 0 Å². The molecular weight excluding hydrogens is 266 g/mol. The van der Waals surface area contributed by atoms with Crippen molar-refractivity contribution in [3.05, 3.63) is 0 Å². The number of hydrogen-bond acceptors (Lipinski definition) is 4. The summed E-state index contributed by atoms with van der Waals surface area (Å²) in [7, 11) is 3.76. The molecule has 0 spiro atoms. The van der Waals surface area contributed by atoms with Crippen LogP contribution in [0, 0.1) is 11.3 Å². The molecule has 0 bridgehead atoms. The van der Waals surface area contributed by atoms with Crippen LogP contribution in [-0.4, -0.2) is 52.7 Å². The minimum atomic E-state index is 0.315. The van der Waals surface area contributed by atoms with Gasteiger partial charge in [-0.2, -0.15) is 0 Å². The van der Waals surface area contributed by atoms with Crippen LogP contribution in [0.25, 0.3) is 0 Å². The maximum Gasteiger partial charge on any atom is 0.0731 e. The highest BCUT2D eigenvalue weighted by atomic mass is 16.5. The van der Waals surface area contributed by atoms with E-state index in [0.717, 1.165) is 32.0 Å². The number of methoxy groups -OCH3 is 1. The maximum atomic E-state index is 6.10. The molecule has 0 aromatic heterocycles. The molecule has 0 aromatic rings. The summed E-state index contributed by atoms with van der Waals surface area (Å²) < 4.78 is 16.7. The average molecular weight is 301 g/mol. The second-order valence-corrected chi connectivity index (χ2v) is 7.14. The van der Waals surface area contributed by atoms with Crippen molar-refractivity contribution in [2.75, 3.05) is 40.6 Å². The van der Waals surface area contributed by atoms with Gasteiger partial charge >= 0.3 is 0 Å². The van der Waals surface area contributed by atoms with E-state index in [-0.39, 0.29) is 0 Å². The minimum Gasteiger partial charge on any atom is -0.385 e. The number of rotatable bonds is 9. The fourth-order valence-corrected chi connectivity index (χ4v) is 3.10. The Morgan fingerprint density at radius 3 is 2.43 bits per heavy atom. The molecule has 0 radical (unpaired) electrons. The number of likely N-dealkylation sites (N-methyl/N-ethyl adjacent to an activating group) is 1. The molecule has 1 saturated carbocycles. The predicted molar refractivity (Wildman–Crippen MR) is 86.7 cm³/mol. The third-order valence-corrected chi connectivity index (χ3v) is 4.58. The van der Waals surface area contributed by atoms with Crippen molar-refractivity contribution in [1.82, 2.24) is 5.32 Å². The van der Waals surface area contributed by atoms with Gasteiger partial charge in [0.15, 0.2) is 0 Å². The first-order chi connectivity index (χ1) is 9.99. The van der Waals surface area contributed by atoms with Gasteiger partial charge in [-0.05, 0) is 44.1 Å². The molecule has 0 aromatic carbocycles. The standard InChI is InChI=1S/C17H35NO3/c1-17(2,3)14-7-8-15(18-4)16(13-14)21-12-11-20-10-6-9-19-5/h14-16,18H,6-13H2,1-5H3. The van der Waals surface area contributed by atoms with Gasteiger partial charge in [0.25, 0.3) is 0 Å². The van der Waals surface area contributed by atoms with Gasteiger partial charge in [0, 0.05) is 26.4 Å². The van der Waals surface area contributed by atoms with Crippen molar-refractivity contribution >= 4 is 0 Å². The molecule has 126 valence electrons. The van der Waals surface area contributed by atoms with Crippen LogP contribution in [0.3, 0.4) is 0 Å². The van der Waals surface area contributed by atoms with Crippen molar-refractivity contribution in [1.29, 1.82) is 0 Å². The van der Waals surface area contributed by atoms with Gasteiger partial charge in [0.05, 0.1) is 19.3 Å². The van der Waals surface area contributed by atoms with E-state index >= 15 is 0 Å². The van der Waals surface area contributed by atoms with Crippen LogP contribution < -0.4 is 5.32 Å². The summed E-state index contributed by atoms with van der Waals surface area (Å²) in [5.74, 6) is 0.745. The van der Waals surface area contributed by atoms with Crippen LogP contribution in [0.15, 0.2) is 0 Å². The van der Waals surface area contributed by atoms with E-state index in [1.54, 1.807) is 7.11 Å². The zero-order valence-electron chi connectivity index (χ0n) is 14.6. The van der Waals surface area contributed by atoms with E-state index in [2.05, 4.69) is 26.1 Å². The highest BCUT2D eigenvalue weighted by Gasteiger charge is 2.35. The summed E-state index contributed by atoms with van der Waals surface area (Å²) in [4.78, 5) is 0. The summed E-state index contributed by atoms with van der Waals surface area (Å²) in [6.07, 6.45) is 4.92. The van der Waals surface area contributed by atoms with E-state index in [0.29, 0.717) is 30.8 Å². The molecule has 1 rings (SSSR count). The van der Waals surface area contributed by atoms with E-state index in [4.69, 9.17) is 14.2 Å². The molecule has 0 amide bonds. The van der Waals surface area contributed by atoms with E-state index in [9.17, 15) is 0 Å². The quantitative estimate of drug-likeness (QED) is 0.665. The first-order valence-corrected chi connectivity index (χ1v) is 8.34. The fourth-order valence-electron chi connectivity index (χ4n) is 3.10. The third-order valence-electron chi connectivity index (χ3n) is 4.58. The predicted octanol–water partition coefficient (Wildman–Crippen LogP) is 2.86. The first kappa shape index (κ1) is 18.9. The van der Waals surface area contributed by atoms with Gasteiger partial charge in [-0.3, -0.25) is 0 Å². The summed E-state index contributed by atoms with van der Waals surface area (Å²) >= 11 is 0. The molecule has 1 aliphatic carbocycles. The number of nitrogens with one attached hydrogen (secondary N) is 1. The van der Waals surface area contributed by atoms with Gasteiger partial charge in [-0.25, -0.2) is 0 Å². The largest absolute Gasteiger partial charge is 0.385 e. The average Bonchev–Trinajstić information content (AvgIpc) is 2.45. The Morgan fingerprint density at radius 1 is 1.05 bits per heavy atom. The Kier molecular flexibility index (Phi) is 8.79. The molecule has 4 nitrogen and oxygen atoms in total. The van der Waals surface area contributed by atoms with Crippen LogP contribution in [0.5, 0.6) is 0 Å². The molecule has 0 heterocycles. The van der Waals surface area contributed by atoms with Crippen LogP contribution in [0.1, 0.15) is 46.5 Å². The normalized spacial score (nSPS) is 27.0. The summed E-state index contributed by atoms with van der Waals surface area (Å²) in [5, 5.41) is 3.41. The van der Waals surface area contributed by atoms with Crippen LogP contribution in [0.2, 0.25) is 0 Å². The van der Waals surface area contributed by atoms with E-state index in [1.165, 1.54) is 12.8 Å².